The van der Waals surface area contributed by atoms with Crippen molar-refractivity contribution in [3.05, 3.63) is 230 Å². The fourth-order valence-corrected chi connectivity index (χ4v) is 10.2. The minimum absolute atomic E-state index is 0.675. The summed E-state index contributed by atoms with van der Waals surface area (Å²) in [5, 5.41) is 4.63. The van der Waals surface area contributed by atoms with Gasteiger partial charge in [-0.3, -0.25) is 0 Å². The van der Waals surface area contributed by atoms with E-state index >= 15 is 0 Å². The minimum atomic E-state index is -4.41. The molecule has 0 saturated carbocycles. The number of anilines is 3. The van der Waals surface area contributed by atoms with E-state index in [0.717, 1.165) is 107 Å². The summed E-state index contributed by atoms with van der Waals surface area (Å²) < 4.78 is 52.8. The van der Waals surface area contributed by atoms with E-state index in [1.807, 2.05) is 30.3 Å². The topological polar surface area (TPSA) is 34.0 Å². The maximum absolute atomic E-state index is 13.4. The SMILES string of the molecule is Cc1ccc(-c2ccc(N(c3ccc(-c4ccc(C(F)(F)F)cc4)cc3)c3ccc(-c4cc5ccccc5c5c6ccccc6n(-c6ccc(-c7ccccc7)cc6)c45)c4nsnc34)cc2)cc1. The van der Waals surface area contributed by atoms with E-state index in [0.29, 0.717) is 5.56 Å². The Hall–Kier alpha value is -8.33. The highest BCUT2D eigenvalue weighted by atomic mass is 32.1. The molecule has 0 unspecified atom stereocenters. The second-order valence-electron chi connectivity index (χ2n) is 17.1. The van der Waals surface area contributed by atoms with Gasteiger partial charge < -0.3 is 9.47 Å². The molecule has 0 atom stereocenters. The second-order valence-corrected chi connectivity index (χ2v) is 17.6. The van der Waals surface area contributed by atoms with E-state index in [2.05, 4.69) is 180 Å². The number of rotatable bonds is 8. The predicted octanol–water partition coefficient (Wildman–Crippen LogP) is 17.4. The molecule has 0 N–H and O–H groups in total. The zero-order valence-electron chi connectivity index (χ0n) is 36.6. The number of fused-ring (bicyclic) bond motifs is 6. The van der Waals surface area contributed by atoms with Gasteiger partial charge in [0.25, 0.3) is 0 Å². The van der Waals surface area contributed by atoms with E-state index in [-0.39, 0.29) is 0 Å². The smallest absolute Gasteiger partial charge is 0.309 e. The Bertz CT molecular complexity index is 3800. The molecule has 2 heterocycles. The van der Waals surface area contributed by atoms with Crippen LogP contribution in [0, 0.1) is 6.92 Å². The highest BCUT2D eigenvalue weighted by Gasteiger charge is 2.30. The van der Waals surface area contributed by atoms with Gasteiger partial charge in [-0.1, -0.05) is 151 Å². The van der Waals surface area contributed by atoms with Crippen LogP contribution < -0.4 is 4.90 Å². The Balaban J connectivity index is 1.04. The zero-order valence-corrected chi connectivity index (χ0v) is 37.4. The van der Waals surface area contributed by atoms with Crippen molar-refractivity contribution < 1.29 is 13.2 Å². The van der Waals surface area contributed by atoms with Gasteiger partial charge in [0.2, 0.25) is 0 Å². The van der Waals surface area contributed by atoms with E-state index in [9.17, 15) is 13.2 Å². The number of hydrogen-bond donors (Lipinski definition) is 0. The Morgan fingerprint density at radius 1 is 0.471 bits per heavy atom. The minimum Gasteiger partial charge on any atom is -0.309 e. The average Bonchev–Trinajstić information content (AvgIpc) is 4.02. The molecule has 0 bridgehead atoms. The first-order valence-electron chi connectivity index (χ1n) is 22.4. The number of halogens is 3. The van der Waals surface area contributed by atoms with Crippen LogP contribution in [-0.4, -0.2) is 13.3 Å². The van der Waals surface area contributed by atoms with Crippen LogP contribution in [0.4, 0.5) is 30.2 Å². The lowest BCUT2D eigenvalue weighted by molar-refractivity contribution is -0.137. The number of benzene rings is 10. The van der Waals surface area contributed by atoms with Crippen molar-refractivity contribution in [3.8, 4) is 50.2 Å². The van der Waals surface area contributed by atoms with Gasteiger partial charge in [-0.15, -0.1) is 0 Å². The average molecular weight is 905 g/mol. The molecule has 0 radical (unpaired) electrons. The van der Waals surface area contributed by atoms with Gasteiger partial charge in [0, 0.05) is 39.0 Å². The maximum atomic E-state index is 13.4. The Morgan fingerprint density at radius 3 is 1.62 bits per heavy atom. The second kappa shape index (κ2) is 16.5. The molecule has 12 aromatic rings. The summed E-state index contributed by atoms with van der Waals surface area (Å²) in [5.41, 5.74) is 15.9. The van der Waals surface area contributed by atoms with E-state index in [4.69, 9.17) is 8.75 Å². The molecular formula is C60H39F3N4S. The fraction of sp³-hybridized carbons (Fsp3) is 0.0333. The van der Waals surface area contributed by atoms with Crippen LogP contribution in [0.2, 0.25) is 0 Å². The van der Waals surface area contributed by atoms with Crippen LogP contribution in [0.25, 0.3) is 93.8 Å². The summed E-state index contributed by atoms with van der Waals surface area (Å²) in [6, 6.07) is 73.3. The number of hydrogen-bond acceptors (Lipinski definition) is 4. The largest absolute Gasteiger partial charge is 0.416 e. The summed E-state index contributed by atoms with van der Waals surface area (Å²) in [7, 11) is 0. The number of alkyl halides is 3. The lowest BCUT2D eigenvalue weighted by atomic mass is 9.94. The van der Waals surface area contributed by atoms with E-state index < -0.39 is 11.7 Å². The lowest BCUT2D eigenvalue weighted by Gasteiger charge is -2.26. The molecule has 68 heavy (non-hydrogen) atoms. The first-order chi connectivity index (χ1) is 33.3. The molecule has 12 rings (SSSR count). The lowest BCUT2D eigenvalue weighted by Crippen LogP contribution is -2.10. The van der Waals surface area contributed by atoms with Crippen molar-refractivity contribution in [1.82, 2.24) is 13.3 Å². The fourth-order valence-electron chi connectivity index (χ4n) is 9.63. The van der Waals surface area contributed by atoms with Gasteiger partial charge in [-0.05, 0) is 124 Å². The number of aryl methyl sites for hydroxylation is 1. The van der Waals surface area contributed by atoms with Crippen LogP contribution in [0.15, 0.2) is 218 Å². The van der Waals surface area contributed by atoms with Crippen molar-refractivity contribution in [2.75, 3.05) is 4.90 Å². The molecule has 10 aromatic carbocycles. The van der Waals surface area contributed by atoms with Gasteiger partial charge in [0.05, 0.1) is 34.0 Å². The highest BCUT2D eigenvalue weighted by Crippen LogP contribution is 2.47. The molecular weight excluding hydrogens is 866 g/mol. The Morgan fingerprint density at radius 2 is 0.985 bits per heavy atom. The summed E-state index contributed by atoms with van der Waals surface area (Å²) in [5.74, 6) is 0. The molecule has 4 nitrogen and oxygen atoms in total. The van der Waals surface area contributed by atoms with Gasteiger partial charge in [-0.25, -0.2) is 0 Å². The maximum Gasteiger partial charge on any atom is 0.416 e. The Labute approximate surface area is 394 Å². The summed E-state index contributed by atoms with van der Waals surface area (Å²) in [6.07, 6.45) is -4.41. The van der Waals surface area contributed by atoms with E-state index in [1.165, 1.54) is 40.2 Å². The van der Waals surface area contributed by atoms with Crippen LogP contribution in [-0.2, 0) is 6.18 Å². The van der Waals surface area contributed by atoms with Gasteiger partial charge in [0.1, 0.15) is 11.0 Å². The van der Waals surface area contributed by atoms with Crippen molar-refractivity contribution >= 4 is 72.4 Å². The summed E-state index contributed by atoms with van der Waals surface area (Å²) in [6.45, 7) is 2.08. The summed E-state index contributed by atoms with van der Waals surface area (Å²) in [4.78, 5) is 2.18. The number of aromatic nitrogens is 3. The standard InChI is InChI=1S/C60H39F3N4S/c1-38-15-17-40(18-16-38)43-21-29-47(30-22-43)66(48-31-23-44(24-32-48)41-19-27-46(28-20-41)60(61,62)63)55-36-35-51(57-58(55)65-68-64-57)53-37-45-11-5-6-12-50(45)56-52-13-7-8-14-54(52)67(59(53)56)49-33-25-42(26-34-49)39-9-3-2-4-10-39/h2-37H,1H3. The molecule has 0 fully saturated rings. The van der Waals surface area contributed by atoms with Crippen molar-refractivity contribution in [1.29, 1.82) is 0 Å². The highest BCUT2D eigenvalue weighted by molar-refractivity contribution is 7.00. The third-order valence-electron chi connectivity index (χ3n) is 13.0. The van der Waals surface area contributed by atoms with Gasteiger partial charge in [-0.2, -0.15) is 21.9 Å². The molecule has 0 aliphatic rings. The summed E-state index contributed by atoms with van der Waals surface area (Å²) >= 11 is 1.19. The van der Waals surface area contributed by atoms with Crippen LogP contribution >= 0.6 is 11.7 Å². The predicted molar refractivity (Wildman–Crippen MR) is 275 cm³/mol. The first-order valence-corrected chi connectivity index (χ1v) is 23.1. The molecule has 0 spiro atoms. The Kier molecular flexibility index (Phi) is 9.99. The van der Waals surface area contributed by atoms with Crippen LogP contribution in [0.5, 0.6) is 0 Å². The molecule has 8 heteroatoms. The molecule has 0 aliphatic heterocycles. The zero-order chi connectivity index (χ0) is 45.9. The molecule has 0 saturated heterocycles. The quantitative estimate of drug-likeness (QED) is 0.152. The normalized spacial score (nSPS) is 11.8. The van der Waals surface area contributed by atoms with Gasteiger partial charge in [0.15, 0.2) is 0 Å². The number of para-hydroxylation sites is 1. The number of nitrogens with zero attached hydrogens (tertiary/aromatic N) is 4. The van der Waals surface area contributed by atoms with Gasteiger partial charge >= 0.3 is 6.18 Å². The first kappa shape index (κ1) is 41.1. The van der Waals surface area contributed by atoms with Crippen molar-refractivity contribution in [2.24, 2.45) is 0 Å². The molecule has 0 aliphatic carbocycles. The molecule has 0 amide bonds. The van der Waals surface area contributed by atoms with E-state index in [1.54, 1.807) is 0 Å². The monoisotopic (exact) mass is 904 g/mol. The van der Waals surface area contributed by atoms with Crippen LogP contribution in [0.1, 0.15) is 11.1 Å². The van der Waals surface area contributed by atoms with Crippen molar-refractivity contribution in [3.63, 3.8) is 0 Å². The molecule has 326 valence electrons. The molecule has 2 aromatic heterocycles. The van der Waals surface area contributed by atoms with Crippen molar-refractivity contribution in [2.45, 2.75) is 13.1 Å². The van der Waals surface area contributed by atoms with Crippen LogP contribution in [0.3, 0.4) is 0 Å². The third kappa shape index (κ3) is 7.17. The third-order valence-corrected chi connectivity index (χ3v) is 13.5.